The fourth-order valence-corrected chi connectivity index (χ4v) is 5.51. The summed E-state index contributed by atoms with van der Waals surface area (Å²) in [6, 6.07) is 10.9. The number of pyridine rings is 1. The summed E-state index contributed by atoms with van der Waals surface area (Å²) >= 11 is 0. The highest BCUT2D eigenvalue weighted by atomic mass is 32.2. The van der Waals surface area contributed by atoms with Crippen LogP contribution in [0.3, 0.4) is 0 Å². The number of hydrogen-bond acceptors (Lipinski definition) is 5. The molecule has 0 saturated carbocycles. The van der Waals surface area contributed by atoms with Crippen molar-refractivity contribution < 1.29 is 35.6 Å². The van der Waals surface area contributed by atoms with Crippen LogP contribution in [0.4, 0.5) is 28.0 Å². The zero-order chi connectivity index (χ0) is 28.2. The van der Waals surface area contributed by atoms with E-state index >= 15 is 0 Å². The molecule has 2 aromatic carbocycles. The molecule has 0 bridgehead atoms. The maximum atomic E-state index is 13.4. The first-order chi connectivity index (χ1) is 18.4. The van der Waals surface area contributed by atoms with Crippen LogP contribution in [0.5, 0.6) is 0 Å². The normalized spacial score (nSPS) is 16.5. The molecule has 1 aliphatic heterocycles. The van der Waals surface area contributed by atoms with Gasteiger partial charge in [0.25, 0.3) is 0 Å². The second-order valence-electron chi connectivity index (χ2n) is 8.58. The molecule has 1 unspecified atom stereocenters. The van der Waals surface area contributed by atoms with Gasteiger partial charge in [0.05, 0.1) is 22.7 Å². The number of hydrogen-bond donors (Lipinski definition) is 2. The molecule has 1 aliphatic rings. The first-order valence-corrected chi connectivity index (χ1v) is 13.1. The van der Waals surface area contributed by atoms with Crippen molar-refractivity contribution in [2.45, 2.75) is 23.7 Å². The molecule has 1 fully saturated rings. The van der Waals surface area contributed by atoms with Crippen LogP contribution in [0.25, 0.3) is 0 Å². The van der Waals surface area contributed by atoms with E-state index < -0.39 is 45.6 Å². The molecule has 1 saturated heterocycles. The number of rotatable bonds is 6. The summed E-state index contributed by atoms with van der Waals surface area (Å²) in [4.78, 5) is 31.2. The summed E-state index contributed by atoms with van der Waals surface area (Å²) < 4.78 is 79.6. The van der Waals surface area contributed by atoms with Crippen LogP contribution >= 0.6 is 0 Å². The Kier molecular flexibility index (Phi) is 8.16. The number of carbonyl (C=O) groups excluding carboxylic acids is 2. The van der Waals surface area contributed by atoms with Gasteiger partial charge < -0.3 is 15.5 Å². The Morgan fingerprint density at radius 1 is 0.974 bits per heavy atom. The lowest BCUT2D eigenvalue weighted by atomic mass is 10.2. The number of aromatic nitrogens is 1. The molecular formula is C25H23F4N5O4S. The number of halogens is 4. The molecule has 0 aliphatic carbocycles. The monoisotopic (exact) mass is 565 g/mol. The number of sulfonamides is 1. The van der Waals surface area contributed by atoms with Crippen molar-refractivity contribution >= 4 is 27.6 Å². The first-order valence-electron chi connectivity index (χ1n) is 11.6. The molecule has 0 spiro atoms. The van der Waals surface area contributed by atoms with Gasteiger partial charge in [0.15, 0.2) is 0 Å². The third-order valence-corrected chi connectivity index (χ3v) is 7.90. The zero-order valence-electron chi connectivity index (χ0n) is 20.2. The first kappa shape index (κ1) is 28.0. The number of piperazine rings is 1. The number of nitrogens with one attached hydrogen (secondary N) is 2. The molecule has 206 valence electrons. The predicted molar refractivity (Wildman–Crippen MR) is 132 cm³/mol. The minimum atomic E-state index is -4.54. The SMILES string of the molecule is O=C(NCc1ccccn1)C1CN(C(=O)Nc2ccc(C(F)(F)F)cc2)CCN1S(=O)(=O)c1ccc(F)cc1. The molecule has 3 amide bonds. The highest BCUT2D eigenvalue weighted by molar-refractivity contribution is 7.89. The van der Waals surface area contributed by atoms with E-state index in [2.05, 4.69) is 15.6 Å². The second kappa shape index (κ2) is 11.4. The third kappa shape index (κ3) is 6.70. The molecule has 2 heterocycles. The summed E-state index contributed by atoms with van der Waals surface area (Å²) in [5.41, 5.74) is -0.276. The maximum absolute atomic E-state index is 13.4. The van der Waals surface area contributed by atoms with Crippen LogP contribution in [0.15, 0.2) is 77.8 Å². The molecular weight excluding hydrogens is 542 g/mol. The second-order valence-corrected chi connectivity index (χ2v) is 10.5. The van der Waals surface area contributed by atoms with E-state index in [1.807, 2.05) is 0 Å². The van der Waals surface area contributed by atoms with Gasteiger partial charge in [-0.2, -0.15) is 17.5 Å². The van der Waals surface area contributed by atoms with Crippen molar-refractivity contribution in [3.8, 4) is 0 Å². The molecule has 2 N–H and O–H groups in total. The molecule has 14 heteroatoms. The Bertz CT molecular complexity index is 1420. The smallest absolute Gasteiger partial charge is 0.349 e. The number of anilines is 1. The van der Waals surface area contributed by atoms with Gasteiger partial charge in [-0.3, -0.25) is 9.78 Å². The largest absolute Gasteiger partial charge is 0.416 e. The van der Waals surface area contributed by atoms with Gasteiger partial charge in [0.2, 0.25) is 15.9 Å². The molecule has 1 aromatic heterocycles. The number of nitrogens with zero attached hydrogens (tertiary/aromatic N) is 3. The van der Waals surface area contributed by atoms with Gasteiger partial charge in [-0.15, -0.1) is 0 Å². The average molecular weight is 566 g/mol. The summed E-state index contributed by atoms with van der Waals surface area (Å²) in [6.07, 6.45) is -3.01. The summed E-state index contributed by atoms with van der Waals surface area (Å²) in [7, 11) is -4.26. The van der Waals surface area contributed by atoms with Crippen LogP contribution < -0.4 is 10.6 Å². The standard InChI is InChI=1S/C25H23F4N5O4S/c26-18-6-10-21(11-7-18)39(37,38)34-14-13-33(16-22(34)23(35)31-15-20-3-1-2-12-30-20)24(36)32-19-8-4-17(5-9-19)25(27,28)29/h1-12,22H,13-16H2,(H,31,35)(H,32,36). The predicted octanol–water partition coefficient (Wildman–Crippen LogP) is 3.46. The number of carbonyl (C=O) groups is 2. The minimum Gasteiger partial charge on any atom is -0.349 e. The van der Waals surface area contributed by atoms with Crippen molar-refractivity contribution in [2.75, 3.05) is 25.0 Å². The zero-order valence-corrected chi connectivity index (χ0v) is 21.0. The van der Waals surface area contributed by atoms with Crippen molar-refractivity contribution in [2.24, 2.45) is 0 Å². The Balaban J connectivity index is 1.53. The lowest BCUT2D eigenvalue weighted by molar-refractivity contribution is -0.137. The average Bonchev–Trinajstić information content (AvgIpc) is 2.92. The number of amides is 3. The van der Waals surface area contributed by atoms with Crippen LogP contribution in [0.1, 0.15) is 11.3 Å². The lowest BCUT2D eigenvalue weighted by Crippen LogP contribution is -2.61. The van der Waals surface area contributed by atoms with E-state index in [-0.39, 0.29) is 36.8 Å². The van der Waals surface area contributed by atoms with Crippen molar-refractivity contribution in [1.82, 2.24) is 19.5 Å². The van der Waals surface area contributed by atoms with Crippen LogP contribution in [0, 0.1) is 5.82 Å². The molecule has 1 atom stereocenters. The van der Waals surface area contributed by atoms with Crippen molar-refractivity contribution in [3.63, 3.8) is 0 Å². The van der Waals surface area contributed by atoms with Gasteiger partial charge in [0, 0.05) is 31.5 Å². The Morgan fingerprint density at radius 3 is 2.28 bits per heavy atom. The van der Waals surface area contributed by atoms with Crippen molar-refractivity contribution in [1.29, 1.82) is 0 Å². The van der Waals surface area contributed by atoms with E-state index in [1.54, 1.807) is 18.2 Å². The third-order valence-electron chi connectivity index (χ3n) is 5.97. The van der Waals surface area contributed by atoms with E-state index in [0.717, 1.165) is 52.8 Å². The van der Waals surface area contributed by atoms with E-state index in [1.165, 1.54) is 11.1 Å². The van der Waals surface area contributed by atoms with Gasteiger partial charge >= 0.3 is 12.2 Å². The van der Waals surface area contributed by atoms with Gasteiger partial charge in [-0.05, 0) is 60.7 Å². The lowest BCUT2D eigenvalue weighted by Gasteiger charge is -2.39. The van der Waals surface area contributed by atoms with Gasteiger partial charge in [-0.25, -0.2) is 17.6 Å². The van der Waals surface area contributed by atoms with E-state index in [0.29, 0.717) is 5.69 Å². The molecule has 0 radical (unpaired) electrons. The fraction of sp³-hybridized carbons (Fsp3) is 0.240. The number of urea groups is 1. The summed E-state index contributed by atoms with van der Waals surface area (Å²) in [6.45, 7) is -0.724. The molecule has 9 nitrogen and oxygen atoms in total. The Morgan fingerprint density at radius 2 is 1.67 bits per heavy atom. The molecule has 4 rings (SSSR count). The maximum Gasteiger partial charge on any atom is 0.416 e. The van der Waals surface area contributed by atoms with Crippen molar-refractivity contribution in [3.05, 3.63) is 90.0 Å². The van der Waals surface area contributed by atoms with Crippen LogP contribution in [-0.2, 0) is 27.5 Å². The summed E-state index contributed by atoms with van der Waals surface area (Å²) in [5, 5.41) is 5.10. The minimum absolute atomic E-state index is 0.00163. The molecule has 3 aromatic rings. The number of benzene rings is 2. The van der Waals surface area contributed by atoms with Crippen LogP contribution in [-0.4, -0.2) is 60.2 Å². The highest BCUT2D eigenvalue weighted by Gasteiger charge is 2.41. The highest BCUT2D eigenvalue weighted by Crippen LogP contribution is 2.30. The van der Waals surface area contributed by atoms with Gasteiger partial charge in [0.1, 0.15) is 11.9 Å². The number of alkyl halides is 3. The van der Waals surface area contributed by atoms with E-state index in [9.17, 15) is 35.6 Å². The molecule has 39 heavy (non-hydrogen) atoms. The van der Waals surface area contributed by atoms with E-state index in [4.69, 9.17) is 0 Å². The fourth-order valence-electron chi connectivity index (χ4n) is 3.94. The Hall–Kier alpha value is -4.04. The van der Waals surface area contributed by atoms with Gasteiger partial charge in [-0.1, -0.05) is 6.07 Å². The summed E-state index contributed by atoms with van der Waals surface area (Å²) in [5.74, 6) is -1.33. The topological polar surface area (TPSA) is 112 Å². The Labute approximate surface area is 221 Å². The van der Waals surface area contributed by atoms with Crippen LogP contribution in [0.2, 0.25) is 0 Å². The quantitative estimate of drug-likeness (QED) is 0.445.